The van der Waals surface area contributed by atoms with E-state index >= 15 is 0 Å². The van der Waals surface area contributed by atoms with Gasteiger partial charge in [-0.15, -0.1) is 0 Å². The second-order valence-corrected chi connectivity index (χ2v) is 5.16. The van der Waals surface area contributed by atoms with Gasteiger partial charge < -0.3 is 0 Å². The molecule has 1 atom stereocenters. The highest BCUT2D eigenvalue weighted by atomic mass is 32.2. The van der Waals surface area contributed by atoms with Crippen LogP contribution in [0.3, 0.4) is 0 Å². The standard InChI is InChI=1S/C14H13F3N2S/c1-10(19-20-13-3-2-8-18-9-13)11-4-6-12(7-5-11)14(15,16)17/h2-10,19H,1H3. The Kier molecular flexibility index (Phi) is 4.67. The number of hydrogen-bond acceptors (Lipinski definition) is 3. The molecule has 0 aliphatic heterocycles. The van der Waals surface area contributed by atoms with Crippen LogP contribution < -0.4 is 4.72 Å². The molecule has 20 heavy (non-hydrogen) atoms. The first-order chi connectivity index (χ1) is 9.47. The number of alkyl halides is 3. The Hall–Kier alpha value is -1.53. The molecule has 1 N–H and O–H groups in total. The van der Waals surface area contributed by atoms with Gasteiger partial charge in [-0.1, -0.05) is 12.1 Å². The van der Waals surface area contributed by atoms with Crippen molar-refractivity contribution in [3.8, 4) is 0 Å². The van der Waals surface area contributed by atoms with E-state index in [0.717, 1.165) is 22.6 Å². The fourth-order valence-electron chi connectivity index (χ4n) is 1.59. The van der Waals surface area contributed by atoms with Gasteiger partial charge in [-0.25, -0.2) is 0 Å². The molecule has 0 spiro atoms. The quantitative estimate of drug-likeness (QED) is 0.844. The molecule has 0 amide bonds. The van der Waals surface area contributed by atoms with Gasteiger partial charge >= 0.3 is 6.18 Å². The molecule has 2 rings (SSSR count). The van der Waals surface area contributed by atoms with Crippen molar-refractivity contribution in [1.29, 1.82) is 0 Å². The Morgan fingerprint density at radius 1 is 1.15 bits per heavy atom. The molecule has 106 valence electrons. The van der Waals surface area contributed by atoms with Crippen LogP contribution in [0.15, 0.2) is 53.7 Å². The maximum Gasteiger partial charge on any atom is 0.416 e. The molecule has 0 aliphatic rings. The SMILES string of the molecule is CC(NSc1cccnc1)c1ccc(C(F)(F)F)cc1. The third-order valence-corrected chi connectivity index (χ3v) is 3.67. The summed E-state index contributed by atoms with van der Waals surface area (Å²) in [4.78, 5) is 4.94. The molecule has 1 aromatic heterocycles. The normalized spacial score (nSPS) is 13.2. The number of benzene rings is 1. The van der Waals surface area contributed by atoms with Gasteiger partial charge in [0.05, 0.1) is 5.56 Å². The fraction of sp³-hybridized carbons (Fsp3) is 0.214. The van der Waals surface area contributed by atoms with Crippen LogP contribution >= 0.6 is 11.9 Å². The Morgan fingerprint density at radius 3 is 2.40 bits per heavy atom. The van der Waals surface area contributed by atoms with Crippen LogP contribution in [0.2, 0.25) is 0 Å². The van der Waals surface area contributed by atoms with E-state index in [9.17, 15) is 13.2 Å². The number of pyridine rings is 1. The smallest absolute Gasteiger partial charge is 0.264 e. The van der Waals surface area contributed by atoms with Crippen molar-refractivity contribution in [3.63, 3.8) is 0 Å². The highest BCUT2D eigenvalue weighted by Gasteiger charge is 2.30. The van der Waals surface area contributed by atoms with Gasteiger partial charge in [0.15, 0.2) is 0 Å². The Bertz CT molecular complexity index is 541. The maximum absolute atomic E-state index is 12.5. The number of nitrogens with one attached hydrogen (secondary N) is 1. The molecular formula is C14H13F3N2S. The Labute approximate surface area is 119 Å². The number of nitrogens with zero attached hydrogens (tertiary/aromatic N) is 1. The van der Waals surface area contributed by atoms with Crippen LogP contribution in [0, 0.1) is 0 Å². The van der Waals surface area contributed by atoms with Crippen molar-refractivity contribution in [1.82, 2.24) is 9.71 Å². The average molecular weight is 298 g/mol. The van der Waals surface area contributed by atoms with E-state index in [0.29, 0.717) is 0 Å². The molecule has 0 fully saturated rings. The second-order valence-electron chi connectivity index (χ2n) is 4.25. The summed E-state index contributed by atoms with van der Waals surface area (Å²) in [5.74, 6) is 0. The second kappa shape index (κ2) is 6.28. The van der Waals surface area contributed by atoms with E-state index in [1.165, 1.54) is 24.1 Å². The summed E-state index contributed by atoms with van der Waals surface area (Å²) >= 11 is 1.40. The minimum Gasteiger partial charge on any atom is -0.264 e. The van der Waals surface area contributed by atoms with Crippen molar-refractivity contribution in [2.24, 2.45) is 0 Å². The predicted molar refractivity (Wildman–Crippen MR) is 73.1 cm³/mol. The molecule has 2 aromatic rings. The van der Waals surface area contributed by atoms with E-state index in [2.05, 4.69) is 9.71 Å². The monoisotopic (exact) mass is 298 g/mol. The molecule has 0 saturated carbocycles. The van der Waals surface area contributed by atoms with Gasteiger partial charge in [-0.05, 0) is 48.7 Å². The van der Waals surface area contributed by atoms with Gasteiger partial charge in [0.1, 0.15) is 0 Å². The van der Waals surface area contributed by atoms with E-state index < -0.39 is 11.7 Å². The van der Waals surface area contributed by atoms with Crippen LogP contribution in [0.25, 0.3) is 0 Å². The first-order valence-electron chi connectivity index (χ1n) is 5.96. The average Bonchev–Trinajstić information content (AvgIpc) is 2.45. The summed E-state index contributed by atoms with van der Waals surface area (Å²) in [5.41, 5.74) is 0.169. The molecule has 0 bridgehead atoms. The molecular weight excluding hydrogens is 285 g/mol. The Balaban J connectivity index is 1.97. The van der Waals surface area contributed by atoms with E-state index in [-0.39, 0.29) is 6.04 Å². The minimum absolute atomic E-state index is 0.0671. The molecule has 0 radical (unpaired) electrons. The number of aromatic nitrogens is 1. The van der Waals surface area contributed by atoms with Crippen molar-refractivity contribution in [3.05, 3.63) is 59.9 Å². The summed E-state index contributed by atoms with van der Waals surface area (Å²) < 4.78 is 40.6. The summed E-state index contributed by atoms with van der Waals surface area (Å²) in [6, 6.07) is 8.85. The van der Waals surface area contributed by atoms with Gasteiger partial charge in [0.2, 0.25) is 0 Å². The summed E-state index contributed by atoms with van der Waals surface area (Å²) in [5, 5.41) is 0. The molecule has 0 saturated heterocycles. The fourth-order valence-corrected chi connectivity index (χ4v) is 2.30. The van der Waals surface area contributed by atoms with Gasteiger partial charge in [-0.3, -0.25) is 9.71 Å². The largest absolute Gasteiger partial charge is 0.416 e. The highest BCUT2D eigenvalue weighted by Crippen LogP contribution is 2.30. The van der Waals surface area contributed by atoms with E-state index in [1.807, 2.05) is 19.1 Å². The first-order valence-corrected chi connectivity index (χ1v) is 6.78. The van der Waals surface area contributed by atoms with Crippen molar-refractivity contribution >= 4 is 11.9 Å². The molecule has 1 heterocycles. The lowest BCUT2D eigenvalue weighted by molar-refractivity contribution is -0.137. The molecule has 1 aromatic carbocycles. The lowest BCUT2D eigenvalue weighted by Crippen LogP contribution is -2.11. The highest BCUT2D eigenvalue weighted by molar-refractivity contribution is 7.97. The van der Waals surface area contributed by atoms with Gasteiger partial charge in [0, 0.05) is 23.3 Å². The van der Waals surface area contributed by atoms with Crippen molar-refractivity contribution in [2.45, 2.75) is 24.0 Å². The van der Waals surface area contributed by atoms with E-state index in [4.69, 9.17) is 0 Å². The number of halogens is 3. The van der Waals surface area contributed by atoms with Crippen molar-refractivity contribution < 1.29 is 13.2 Å². The maximum atomic E-state index is 12.5. The number of hydrogen-bond donors (Lipinski definition) is 1. The zero-order chi connectivity index (χ0) is 14.6. The van der Waals surface area contributed by atoms with Crippen LogP contribution in [0.5, 0.6) is 0 Å². The zero-order valence-electron chi connectivity index (χ0n) is 10.7. The summed E-state index contributed by atoms with van der Waals surface area (Å²) in [6.45, 7) is 1.89. The zero-order valence-corrected chi connectivity index (χ0v) is 11.5. The lowest BCUT2D eigenvalue weighted by atomic mass is 10.1. The molecule has 1 unspecified atom stereocenters. The lowest BCUT2D eigenvalue weighted by Gasteiger charge is -2.14. The number of rotatable bonds is 4. The minimum atomic E-state index is -4.29. The van der Waals surface area contributed by atoms with E-state index in [1.54, 1.807) is 12.4 Å². The van der Waals surface area contributed by atoms with Crippen LogP contribution in [0.1, 0.15) is 24.1 Å². The van der Waals surface area contributed by atoms with Crippen LogP contribution in [-0.2, 0) is 6.18 Å². The molecule has 2 nitrogen and oxygen atoms in total. The van der Waals surface area contributed by atoms with Crippen LogP contribution in [-0.4, -0.2) is 4.98 Å². The third-order valence-electron chi connectivity index (χ3n) is 2.73. The van der Waals surface area contributed by atoms with Gasteiger partial charge in [-0.2, -0.15) is 13.2 Å². The van der Waals surface area contributed by atoms with Crippen molar-refractivity contribution in [2.75, 3.05) is 0 Å². The van der Waals surface area contributed by atoms with Crippen LogP contribution in [0.4, 0.5) is 13.2 Å². The molecule has 0 aliphatic carbocycles. The Morgan fingerprint density at radius 2 is 1.85 bits per heavy atom. The molecule has 6 heteroatoms. The summed E-state index contributed by atoms with van der Waals surface area (Å²) in [6.07, 6.45) is -0.889. The van der Waals surface area contributed by atoms with Gasteiger partial charge in [0.25, 0.3) is 0 Å². The predicted octanol–water partition coefficient (Wildman–Crippen LogP) is 4.46. The third kappa shape index (κ3) is 3.98. The topological polar surface area (TPSA) is 24.9 Å². The summed E-state index contributed by atoms with van der Waals surface area (Å²) in [7, 11) is 0. The first kappa shape index (κ1) is 14.9.